The van der Waals surface area contributed by atoms with Gasteiger partial charge < -0.3 is 10.0 Å². The summed E-state index contributed by atoms with van der Waals surface area (Å²) in [6, 6.07) is 0. The Labute approximate surface area is 102 Å². The molecule has 0 radical (unpaired) electrons. The lowest BCUT2D eigenvalue weighted by Gasteiger charge is -2.17. The molecule has 0 aromatic heterocycles. The Morgan fingerprint density at radius 1 is 1.13 bits per heavy atom. The first kappa shape index (κ1) is 13.3. The number of nitrogens with zero attached hydrogens (tertiary/aromatic N) is 1. The van der Waals surface area contributed by atoms with Gasteiger partial charge in [-0.25, -0.2) is 0 Å². The van der Waals surface area contributed by atoms with Crippen LogP contribution in [0.3, 0.4) is 0 Å². The van der Waals surface area contributed by atoms with Crippen LogP contribution >= 0.6 is 24.0 Å². The molecule has 1 heterocycles. The van der Waals surface area contributed by atoms with Gasteiger partial charge in [0, 0.05) is 25.4 Å². The van der Waals surface area contributed by atoms with Crippen molar-refractivity contribution in [3.05, 3.63) is 0 Å². The van der Waals surface area contributed by atoms with Crippen molar-refractivity contribution in [2.24, 2.45) is 0 Å². The van der Waals surface area contributed by atoms with Gasteiger partial charge in [0.1, 0.15) is 4.32 Å². The van der Waals surface area contributed by atoms with Crippen LogP contribution in [0, 0.1) is 0 Å². The molecule has 0 unspecified atom stereocenters. The van der Waals surface area contributed by atoms with Crippen molar-refractivity contribution in [1.82, 2.24) is 4.90 Å². The zero-order valence-electron chi connectivity index (χ0n) is 9.28. The Morgan fingerprint density at radius 2 is 1.80 bits per heavy atom. The van der Waals surface area contributed by atoms with Crippen LogP contribution in [-0.2, 0) is 0 Å². The van der Waals surface area contributed by atoms with Crippen molar-refractivity contribution in [2.75, 3.05) is 25.4 Å². The molecule has 0 aromatic rings. The minimum absolute atomic E-state index is 0.333. The lowest BCUT2D eigenvalue weighted by atomic mass is 10.2. The number of likely N-dealkylation sites (tertiary alicyclic amines) is 1. The Hall–Kier alpha value is 0.200. The lowest BCUT2D eigenvalue weighted by Crippen LogP contribution is -2.23. The van der Waals surface area contributed by atoms with Gasteiger partial charge in [-0.2, -0.15) is 0 Å². The average Bonchev–Trinajstić information content (AvgIpc) is 2.76. The summed E-state index contributed by atoms with van der Waals surface area (Å²) in [5.74, 6) is 1.14. The van der Waals surface area contributed by atoms with Gasteiger partial charge in [-0.05, 0) is 25.7 Å². The van der Waals surface area contributed by atoms with Crippen molar-refractivity contribution in [3.63, 3.8) is 0 Å². The molecule has 1 fully saturated rings. The fourth-order valence-corrected chi connectivity index (χ4v) is 3.04. The van der Waals surface area contributed by atoms with Gasteiger partial charge >= 0.3 is 0 Å². The maximum atomic E-state index is 8.62. The van der Waals surface area contributed by atoms with E-state index < -0.39 is 0 Å². The molecule has 15 heavy (non-hydrogen) atoms. The summed E-state index contributed by atoms with van der Waals surface area (Å²) in [6.07, 6.45) is 7.14. The van der Waals surface area contributed by atoms with Gasteiger partial charge in [-0.15, -0.1) is 0 Å². The summed E-state index contributed by atoms with van der Waals surface area (Å²) in [5, 5.41) is 8.62. The number of unbranched alkanes of at least 4 members (excludes halogenated alkanes) is 3. The Morgan fingerprint density at radius 3 is 2.47 bits per heavy atom. The molecule has 0 bridgehead atoms. The Bertz CT molecular complexity index is 181. The average molecular weight is 247 g/mol. The second kappa shape index (κ2) is 8.36. The van der Waals surface area contributed by atoms with Crippen LogP contribution in [0.2, 0.25) is 0 Å². The first-order valence-corrected chi connectivity index (χ1v) is 7.26. The topological polar surface area (TPSA) is 23.5 Å². The molecule has 0 saturated carbocycles. The summed E-state index contributed by atoms with van der Waals surface area (Å²) >= 11 is 7.19. The summed E-state index contributed by atoms with van der Waals surface area (Å²) < 4.78 is 1.09. The highest BCUT2D eigenvalue weighted by atomic mass is 32.2. The third kappa shape index (κ3) is 5.73. The van der Waals surface area contributed by atoms with E-state index in [1.165, 1.54) is 25.7 Å². The monoisotopic (exact) mass is 247 g/mol. The molecular formula is C11H21NOS2. The predicted molar refractivity (Wildman–Crippen MR) is 71.4 cm³/mol. The molecular weight excluding hydrogens is 226 g/mol. The SMILES string of the molecule is OCCCCCCSC(=S)N1CCCC1. The fourth-order valence-electron chi connectivity index (χ4n) is 1.72. The van der Waals surface area contributed by atoms with Crippen molar-refractivity contribution < 1.29 is 5.11 Å². The number of aliphatic hydroxyl groups excluding tert-OH is 1. The molecule has 1 aliphatic rings. The largest absolute Gasteiger partial charge is 0.396 e. The summed E-state index contributed by atoms with van der Waals surface area (Å²) in [5.41, 5.74) is 0. The minimum atomic E-state index is 0.333. The molecule has 0 atom stereocenters. The van der Waals surface area contributed by atoms with E-state index in [2.05, 4.69) is 4.90 Å². The normalized spacial score (nSPS) is 15.9. The zero-order chi connectivity index (χ0) is 10.9. The predicted octanol–water partition coefficient (Wildman–Crippen LogP) is 2.65. The van der Waals surface area contributed by atoms with Crippen LogP contribution in [-0.4, -0.2) is 39.8 Å². The van der Waals surface area contributed by atoms with Crippen LogP contribution < -0.4 is 0 Å². The van der Waals surface area contributed by atoms with Gasteiger partial charge in [0.2, 0.25) is 0 Å². The standard InChI is InChI=1S/C11H21NOS2/c13-9-5-1-2-6-10-15-11(14)12-7-3-4-8-12/h13H,1-10H2. The van der Waals surface area contributed by atoms with Crippen LogP contribution in [0.4, 0.5) is 0 Å². The number of thiocarbonyl (C=S) groups is 1. The second-order valence-corrected chi connectivity index (χ2v) is 5.68. The summed E-state index contributed by atoms with van der Waals surface area (Å²) in [7, 11) is 0. The van der Waals surface area contributed by atoms with E-state index in [9.17, 15) is 0 Å². The number of thioether (sulfide) groups is 1. The van der Waals surface area contributed by atoms with E-state index in [0.29, 0.717) is 6.61 Å². The van der Waals surface area contributed by atoms with Crippen LogP contribution in [0.1, 0.15) is 38.5 Å². The molecule has 2 nitrogen and oxygen atoms in total. The molecule has 0 aliphatic carbocycles. The maximum absolute atomic E-state index is 8.62. The lowest BCUT2D eigenvalue weighted by molar-refractivity contribution is 0.283. The number of aliphatic hydroxyl groups is 1. The maximum Gasteiger partial charge on any atom is 0.136 e. The van der Waals surface area contributed by atoms with Crippen molar-refractivity contribution in [1.29, 1.82) is 0 Å². The van der Waals surface area contributed by atoms with Crippen LogP contribution in [0.25, 0.3) is 0 Å². The van der Waals surface area contributed by atoms with E-state index in [1.54, 1.807) is 0 Å². The molecule has 4 heteroatoms. The van der Waals surface area contributed by atoms with Gasteiger partial charge in [0.05, 0.1) is 0 Å². The first-order valence-electron chi connectivity index (χ1n) is 5.87. The van der Waals surface area contributed by atoms with E-state index in [1.807, 2.05) is 11.8 Å². The third-order valence-electron chi connectivity index (χ3n) is 2.64. The fraction of sp³-hybridized carbons (Fsp3) is 0.909. The third-order valence-corrected chi connectivity index (χ3v) is 4.25. The second-order valence-electron chi connectivity index (χ2n) is 3.95. The highest BCUT2D eigenvalue weighted by Crippen LogP contribution is 2.17. The van der Waals surface area contributed by atoms with Gasteiger partial charge in [0.15, 0.2) is 0 Å². The van der Waals surface area contributed by atoms with Crippen molar-refractivity contribution in [3.8, 4) is 0 Å². The summed E-state index contributed by atoms with van der Waals surface area (Å²) in [6.45, 7) is 2.66. The van der Waals surface area contributed by atoms with Crippen LogP contribution in [0.15, 0.2) is 0 Å². The zero-order valence-corrected chi connectivity index (χ0v) is 10.9. The minimum Gasteiger partial charge on any atom is -0.396 e. The van der Waals surface area contributed by atoms with Gasteiger partial charge in [0.25, 0.3) is 0 Å². The molecule has 1 rings (SSSR count). The highest BCUT2D eigenvalue weighted by Gasteiger charge is 2.14. The summed E-state index contributed by atoms with van der Waals surface area (Å²) in [4.78, 5) is 2.33. The van der Waals surface area contributed by atoms with E-state index in [0.717, 1.165) is 36.0 Å². The first-order chi connectivity index (χ1) is 7.34. The molecule has 88 valence electrons. The Kier molecular flexibility index (Phi) is 7.40. The van der Waals surface area contributed by atoms with Crippen molar-refractivity contribution >= 4 is 28.3 Å². The van der Waals surface area contributed by atoms with E-state index in [4.69, 9.17) is 17.3 Å². The molecule has 0 amide bonds. The molecule has 1 saturated heterocycles. The number of rotatable bonds is 6. The molecule has 1 N–H and O–H groups in total. The smallest absolute Gasteiger partial charge is 0.136 e. The van der Waals surface area contributed by atoms with E-state index >= 15 is 0 Å². The Balaban J connectivity index is 1.92. The molecule has 0 aromatic carbocycles. The quantitative estimate of drug-likeness (QED) is 0.576. The van der Waals surface area contributed by atoms with Gasteiger partial charge in [-0.1, -0.05) is 36.8 Å². The molecule has 0 spiro atoms. The van der Waals surface area contributed by atoms with E-state index in [-0.39, 0.29) is 0 Å². The van der Waals surface area contributed by atoms with Gasteiger partial charge in [-0.3, -0.25) is 0 Å². The highest BCUT2D eigenvalue weighted by molar-refractivity contribution is 8.22. The number of hydrogen-bond donors (Lipinski definition) is 1. The van der Waals surface area contributed by atoms with Crippen LogP contribution in [0.5, 0.6) is 0 Å². The van der Waals surface area contributed by atoms with Crippen molar-refractivity contribution in [2.45, 2.75) is 38.5 Å². The molecule has 1 aliphatic heterocycles. The number of hydrogen-bond acceptors (Lipinski definition) is 3.